The molecule has 1 amide bonds. The molecule has 0 aliphatic rings. The minimum Gasteiger partial charge on any atom is -0.399 e. The predicted octanol–water partition coefficient (Wildman–Crippen LogP) is 1.35. The van der Waals surface area contributed by atoms with Crippen LogP contribution in [0.4, 0.5) is 5.69 Å². The molecular formula is C14H23ClN2O3. The standard InChI is InChI=1S/C14H22N2O3.ClH/c1-18-9-7-16(8-10-19-2)14(17)11-12-3-5-13(15)6-4-12;/h3-6H,7-11,15H2,1-2H3;1H. The van der Waals surface area contributed by atoms with E-state index in [-0.39, 0.29) is 18.3 Å². The number of halogens is 1. The molecule has 0 saturated carbocycles. The summed E-state index contributed by atoms with van der Waals surface area (Å²) in [6.45, 7) is 2.20. The smallest absolute Gasteiger partial charge is 0.227 e. The molecule has 20 heavy (non-hydrogen) atoms. The predicted molar refractivity (Wildman–Crippen MR) is 82.1 cm³/mol. The average Bonchev–Trinajstić information content (AvgIpc) is 2.41. The summed E-state index contributed by atoms with van der Waals surface area (Å²) in [7, 11) is 3.25. The minimum absolute atomic E-state index is 0. The number of methoxy groups -OCH3 is 2. The largest absolute Gasteiger partial charge is 0.399 e. The molecular weight excluding hydrogens is 280 g/mol. The van der Waals surface area contributed by atoms with Crippen LogP contribution >= 0.6 is 12.4 Å². The molecule has 0 aliphatic heterocycles. The maximum Gasteiger partial charge on any atom is 0.227 e. The third-order valence-electron chi connectivity index (χ3n) is 2.82. The summed E-state index contributed by atoms with van der Waals surface area (Å²) in [5.74, 6) is 0.0684. The first-order chi connectivity index (χ1) is 9.17. The van der Waals surface area contributed by atoms with Crippen molar-refractivity contribution < 1.29 is 14.3 Å². The van der Waals surface area contributed by atoms with E-state index in [4.69, 9.17) is 15.2 Å². The highest BCUT2D eigenvalue weighted by Crippen LogP contribution is 2.07. The molecule has 2 N–H and O–H groups in total. The van der Waals surface area contributed by atoms with Gasteiger partial charge in [-0.05, 0) is 17.7 Å². The molecule has 0 bridgehead atoms. The van der Waals surface area contributed by atoms with E-state index in [1.165, 1.54) is 0 Å². The summed E-state index contributed by atoms with van der Waals surface area (Å²) in [6.07, 6.45) is 0.369. The second-order valence-electron chi connectivity index (χ2n) is 4.28. The number of rotatable bonds is 8. The van der Waals surface area contributed by atoms with Crippen molar-refractivity contribution in [3.63, 3.8) is 0 Å². The summed E-state index contributed by atoms with van der Waals surface area (Å²) in [5, 5.41) is 0. The van der Waals surface area contributed by atoms with Gasteiger partial charge in [-0.15, -0.1) is 12.4 Å². The Labute approximate surface area is 126 Å². The van der Waals surface area contributed by atoms with Gasteiger partial charge in [0.1, 0.15) is 0 Å². The number of amides is 1. The average molecular weight is 303 g/mol. The summed E-state index contributed by atoms with van der Waals surface area (Å²) in [5.41, 5.74) is 7.28. The number of nitrogen functional groups attached to an aromatic ring is 1. The zero-order valence-electron chi connectivity index (χ0n) is 12.0. The number of benzene rings is 1. The van der Waals surface area contributed by atoms with Gasteiger partial charge in [0.05, 0.1) is 19.6 Å². The lowest BCUT2D eigenvalue weighted by molar-refractivity contribution is -0.131. The van der Waals surface area contributed by atoms with Crippen LogP contribution in [0.1, 0.15) is 5.56 Å². The molecule has 6 heteroatoms. The number of carbonyl (C=O) groups is 1. The molecule has 5 nitrogen and oxygen atoms in total. The van der Waals surface area contributed by atoms with Gasteiger partial charge in [-0.3, -0.25) is 4.79 Å². The van der Waals surface area contributed by atoms with E-state index in [1.807, 2.05) is 12.1 Å². The number of hydrogen-bond acceptors (Lipinski definition) is 4. The van der Waals surface area contributed by atoms with Gasteiger partial charge in [-0.25, -0.2) is 0 Å². The lowest BCUT2D eigenvalue weighted by Gasteiger charge is -2.22. The molecule has 114 valence electrons. The van der Waals surface area contributed by atoms with E-state index in [2.05, 4.69) is 0 Å². The minimum atomic E-state index is 0. The van der Waals surface area contributed by atoms with Gasteiger partial charge in [0.2, 0.25) is 5.91 Å². The molecule has 0 heterocycles. The second kappa shape index (κ2) is 10.5. The van der Waals surface area contributed by atoms with Gasteiger partial charge in [-0.1, -0.05) is 12.1 Å². The van der Waals surface area contributed by atoms with Crippen LogP contribution in [0.15, 0.2) is 24.3 Å². The van der Waals surface area contributed by atoms with Crippen molar-refractivity contribution >= 4 is 24.0 Å². The topological polar surface area (TPSA) is 64.8 Å². The lowest BCUT2D eigenvalue weighted by Crippen LogP contribution is -2.37. The maximum atomic E-state index is 12.2. The van der Waals surface area contributed by atoms with E-state index >= 15 is 0 Å². The van der Waals surface area contributed by atoms with Crippen LogP contribution in [0.25, 0.3) is 0 Å². The van der Waals surface area contributed by atoms with Crippen molar-refractivity contribution in [1.82, 2.24) is 4.90 Å². The van der Waals surface area contributed by atoms with Crippen LogP contribution in [0.2, 0.25) is 0 Å². The molecule has 0 spiro atoms. The zero-order valence-corrected chi connectivity index (χ0v) is 12.8. The first-order valence-corrected chi connectivity index (χ1v) is 6.27. The Balaban J connectivity index is 0.00000361. The number of carbonyl (C=O) groups excluding carboxylic acids is 1. The molecule has 0 atom stereocenters. The highest BCUT2D eigenvalue weighted by molar-refractivity contribution is 5.85. The van der Waals surface area contributed by atoms with Gasteiger partial charge in [0.15, 0.2) is 0 Å². The van der Waals surface area contributed by atoms with Crippen LogP contribution in [-0.2, 0) is 20.7 Å². The molecule has 1 aromatic rings. The van der Waals surface area contributed by atoms with E-state index < -0.39 is 0 Å². The van der Waals surface area contributed by atoms with Gasteiger partial charge >= 0.3 is 0 Å². The first kappa shape index (κ1) is 18.7. The van der Waals surface area contributed by atoms with E-state index in [0.29, 0.717) is 38.4 Å². The second-order valence-corrected chi connectivity index (χ2v) is 4.28. The van der Waals surface area contributed by atoms with Crippen LogP contribution < -0.4 is 5.73 Å². The Kier molecular flexibility index (Phi) is 9.80. The van der Waals surface area contributed by atoms with Gasteiger partial charge < -0.3 is 20.1 Å². The van der Waals surface area contributed by atoms with Crippen LogP contribution in [0.5, 0.6) is 0 Å². The van der Waals surface area contributed by atoms with E-state index in [9.17, 15) is 4.79 Å². The molecule has 0 aromatic heterocycles. The molecule has 0 fully saturated rings. The van der Waals surface area contributed by atoms with Gasteiger partial charge in [-0.2, -0.15) is 0 Å². The fraction of sp³-hybridized carbons (Fsp3) is 0.500. The number of nitrogens with zero attached hydrogens (tertiary/aromatic N) is 1. The number of hydrogen-bond donors (Lipinski definition) is 1. The molecule has 0 unspecified atom stereocenters. The number of ether oxygens (including phenoxy) is 2. The summed E-state index contributed by atoms with van der Waals surface area (Å²) in [6, 6.07) is 7.35. The Morgan fingerprint density at radius 1 is 1.10 bits per heavy atom. The Morgan fingerprint density at radius 3 is 2.05 bits per heavy atom. The highest BCUT2D eigenvalue weighted by atomic mass is 35.5. The third kappa shape index (κ3) is 6.75. The first-order valence-electron chi connectivity index (χ1n) is 6.27. The van der Waals surface area contributed by atoms with Gasteiger partial charge in [0.25, 0.3) is 0 Å². The summed E-state index contributed by atoms with van der Waals surface area (Å²) >= 11 is 0. The van der Waals surface area contributed by atoms with Crippen molar-refractivity contribution in [3.8, 4) is 0 Å². The Hall–Kier alpha value is -1.30. The molecule has 1 aromatic carbocycles. The monoisotopic (exact) mass is 302 g/mol. The molecule has 0 radical (unpaired) electrons. The Bertz CT molecular complexity index is 377. The SMILES string of the molecule is COCCN(CCOC)C(=O)Cc1ccc(N)cc1.Cl. The maximum absolute atomic E-state index is 12.2. The molecule has 1 rings (SSSR count). The Morgan fingerprint density at radius 2 is 1.60 bits per heavy atom. The van der Waals surface area contributed by atoms with E-state index in [0.717, 1.165) is 5.56 Å². The van der Waals surface area contributed by atoms with Crippen molar-refractivity contribution in [2.45, 2.75) is 6.42 Å². The van der Waals surface area contributed by atoms with Crippen molar-refractivity contribution in [3.05, 3.63) is 29.8 Å². The highest BCUT2D eigenvalue weighted by Gasteiger charge is 2.13. The summed E-state index contributed by atoms with van der Waals surface area (Å²) in [4.78, 5) is 13.9. The third-order valence-corrected chi connectivity index (χ3v) is 2.82. The van der Waals surface area contributed by atoms with Crippen molar-refractivity contribution in [2.75, 3.05) is 46.3 Å². The fourth-order valence-electron chi connectivity index (χ4n) is 1.69. The number of nitrogens with two attached hydrogens (primary N) is 1. The molecule has 0 saturated heterocycles. The van der Waals surface area contributed by atoms with Crippen LogP contribution in [0, 0.1) is 0 Å². The van der Waals surface area contributed by atoms with Crippen molar-refractivity contribution in [1.29, 1.82) is 0 Å². The molecule has 0 aliphatic carbocycles. The zero-order chi connectivity index (χ0) is 14.1. The van der Waals surface area contributed by atoms with Crippen LogP contribution in [-0.4, -0.2) is 51.3 Å². The number of anilines is 1. The lowest BCUT2D eigenvalue weighted by atomic mass is 10.1. The van der Waals surface area contributed by atoms with Crippen molar-refractivity contribution in [2.24, 2.45) is 0 Å². The normalized spacial score (nSPS) is 9.90. The fourth-order valence-corrected chi connectivity index (χ4v) is 1.69. The quantitative estimate of drug-likeness (QED) is 0.736. The van der Waals surface area contributed by atoms with E-state index in [1.54, 1.807) is 31.3 Å². The van der Waals surface area contributed by atoms with Gasteiger partial charge in [0, 0.05) is 33.0 Å². The van der Waals surface area contributed by atoms with Crippen LogP contribution in [0.3, 0.4) is 0 Å². The summed E-state index contributed by atoms with van der Waals surface area (Å²) < 4.78 is 10.0.